The van der Waals surface area contributed by atoms with Crippen LogP contribution in [-0.2, 0) is 0 Å². The number of nitrogens with zero attached hydrogens (tertiary/aromatic N) is 4. The lowest BCUT2D eigenvalue weighted by atomic mass is 9.97. The molecule has 0 amide bonds. The second kappa shape index (κ2) is 5.58. The summed E-state index contributed by atoms with van der Waals surface area (Å²) in [4.78, 5) is 21.0. The lowest BCUT2D eigenvalue weighted by molar-refractivity contribution is -0.385. The van der Waals surface area contributed by atoms with Crippen LogP contribution < -0.4 is 10.2 Å². The average molecular weight is 281 g/mol. The maximum atomic E-state index is 11.3. The van der Waals surface area contributed by atoms with E-state index in [0.717, 1.165) is 0 Å². The summed E-state index contributed by atoms with van der Waals surface area (Å²) in [7, 11) is 1.67. The maximum Gasteiger partial charge on any atom is 0.332 e. The van der Waals surface area contributed by atoms with Crippen molar-refractivity contribution in [3.63, 3.8) is 0 Å². The average Bonchev–Trinajstić information content (AvgIpc) is 2.40. The predicted octanol–water partition coefficient (Wildman–Crippen LogP) is 0.942. The Bertz CT molecular complexity index is 522. The van der Waals surface area contributed by atoms with Crippen molar-refractivity contribution in [2.75, 3.05) is 30.4 Å². The molecule has 0 aliphatic carbocycles. The molecular weight excluding hydrogens is 262 g/mol. The minimum absolute atomic E-state index is 0.0525. The van der Waals surface area contributed by atoms with E-state index >= 15 is 0 Å². The van der Waals surface area contributed by atoms with Gasteiger partial charge in [0.15, 0.2) is 0 Å². The molecule has 2 unspecified atom stereocenters. The molecule has 2 heterocycles. The van der Waals surface area contributed by atoms with E-state index in [4.69, 9.17) is 0 Å². The first-order valence-corrected chi connectivity index (χ1v) is 6.57. The molecule has 2 N–H and O–H groups in total. The van der Waals surface area contributed by atoms with Gasteiger partial charge in [0.1, 0.15) is 5.69 Å². The number of piperidine rings is 1. The minimum atomic E-state index is -0.445. The highest BCUT2D eigenvalue weighted by atomic mass is 16.6. The summed E-state index contributed by atoms with van der Waals surface area (Å²) in [6.07, 6.45) is 0.216. The predicted molar refractivity (Wildman–Crippen MR) is 75.0 cm³/mol. The van der Waals surface area contributed by atoms with Crippen LogP contribution in [0, 0.1) is 23.0 Å². The van der Waals surface area contributed by atoms with Crippen molar-refractivity contribution in [2.24, 2.45) is 5.92 Å². The van der Waals surface area contributed by atoms with E-state index in [1.54, 1.807) is 14.0 Å². The Hall–Kier alpha value is -1.96. The van der Waals surface area contributed by atoms with Crippen molar-refractivity contribution < 1.29 is 10.0 Å². The van der Waals surface area contributed by atoms with E-state index in [9.17, 15) is 15.2 Å². The van der Waals surface area contributed by atoms with Crippen LogP contribution in [0.3, 0.4) is 0 Å². The van der Waals surface area contributed by atoms with Gasteiger partial charge in [0.2, 0.25) is 11.8 Å². The monoisotopic (exact) mass is 281 g/mol. The maximum absolute atomic E-state index is 11.3. The summed E-state index contributed by atoms with van der Waals surface area (Å²) in [6, 6.07) is 0. The molecule has 1 fully saturated rings. The van der Waals surface area contributed by atoms with Gasteiger partial charge in [-0.2, -0.15) is 4.98 Å². The van der Waals surface area contributed by atoms with Gasteiger partial charge >= 0.3 is 5.69 Å². The largest absolute Gasteiger partial charge is 0.393 e. The van der Waals surface area contributed by atoms with Gasteiger partial charge in [-0.05, 0) is 19.3 Å². The molecule has 110 valence electrons. The molecular formula is C12H19N5O3. The van der Waals surface area contributed by atoms with Gasteiger partial charge in [-0.3, -0.25) is 10.1 Å². The second-order valence-corrected chi connectivity index (χ2v) is 5.09. The first kappa shape index (κ1) is 14.4. The van der Waals surface area contributed by atoms with E-state index in [1.807, 2.05) is 11.8 Å². The van der Waals surface area contributed by atoms with Gasteiger partial charge in [0.25, 0.3) is 0 Å². The van der Waals surface area contributed by atoms with Crippen LogP contribution in [0.1, 0.15) is 19.0 Å². The first-order chi connectivity index (χ1) is 9.43. The van der Waals surface area contributed by atoms with Crippen LogP contribution in [0.25, 0.3) is 0 Å². The summed E-state index contributed by atoms with van der Waals surface area (Å²) in [5.41, 5.74) is 0.274. The van der Waals surface area contributed by atoms with E-state index in [2.05, 4.69) is 15.3 Å². The molecule has 0 bridgehead atoms. The first-order valence-electron chi connectivity index (χ1n) is 6.57. The third kappa shape index (κ3) is 2.64. The number of hydrogen-bond acceptors (Lipinski definition) is 7. The van der Waals surface area contributed by atoms with Crippen LogP contribution in [0.2, 0.25) is 0 Å². The Morgan fingerprint density at radius 2 is 2.20 bits per heavy atom. The Morgan fingerprint density at radius 1 is 1.50 bits per heavy atom. The van der Waals surface area contributed by atoms with E-state index in [-0.39, 0.29) is 17.7 Å². The van der Waals surface area contributed by atoms with Gasteiger partial charge in [0, 0.05) is 20.1 Å². The minimum Gasteiger partial charge on any atom is -0.393 e. The third-order valence-corrected chi connectivity index (χ3v) is 3.61. The summed E-state index contributed by atoms with van der Waals surface area (Å²) in [5.74, 6) is 0.740. The fourth-order valence-electron chi connectivity index (χ4n) is 2.42. The molecule has 0 saturated carbocycles. The highest BCUT2D eigenvalue weighted by Gasteiger charge is 2.31. The number of aliphatic hydroxyl groups is 1. The fraction of sp³-hybridized carbons (Fsp3) is 0.667. The highest BCUT2D eigenvalue weighted by molar-refractivity contribution is 5.62. The molecule has 0 radical (unpaired) electrons. The van der Waals surface area contributed by atoms with E-state index < -0.39 is 4.92 Å². The lowest BCUT2D eigenvalue weighted by Gasteiger charge is -2.34. The van der Waals surface area contributed by atoms with Crippen molar-refractivity contribution in [3.8, 4) is 0 Å². The van der Waals surface area contributed by atoms with E-state index in [0.29, 0.717) is 37.0 Å². The van der Waals surface area contributed by atoms with Gasteiger partial charge in [-0.1, -0.05) is 6.92 Å². The SMILES string of the molecule is CNc1nc(C)c([N+](=O)[O-])c(N2CCC(O)C(C)C2)n1. The topological polar surface area (TPSA) is 104 Å². The molecule has 0 spiro atoms. The standard InChI is InChI=1S/C12H19N5O3/c1-7-6-16(5-4-9(7)18)11-10(17(19)20)8(2)14-12(13-3)15-11/h7,9,18H,4-6H2,1-3H3,(H,13,14,15). The molecule has 2 atom stereocenters. The van der Waals surface area contributed by atoms with Crippen molar-refractivity contribution in [1.29, 1.82) is 0 Å². The lowest BCUT2D eigenvalue weighted by Crippen LogP contribution is -2.42. The van der Waals surface area contributed by atoms with E-state index in [1.165, 1.54) is 0 Å². The van der Waals surface area contributed by atoms with Crippen LogP contribution in [0.15, 0.2) is 0 Å². The number of hydrogen-bond donors (Lipinski definition) is 2. The summed E-state index contributed by atoms with van der Waals surface area (Å²) >= 11 is 0. The smallest absolute Gasteiger partial charge is 0.332 e. The van der Waals surface area contributed by atoms with Crippen LogP contribution in [0.4, 0.5) is 17.5 Å². The molecule has 0 aromatic carbocycles. The second-order valence-electron chi connectivity index (χ2n) is 5.09. The van der Waals surface area contributed by atoms with Gasteiger partial charge in [-0.15, -0.1) is 0 Å². The molecule has 1 aromatic rings. The fourth-order valence-corrected chi connectivity index (χ4v) is 2.42. The van der Waals surface area contributed by atoms with Gasteiger partial charge in [0.05, 0.1) is 11.0 Å². The molecule has 2 rings (SSSR count). The number of aromatic nitrogens is 2. The van der Waals surface area contributed by atoms with Crippen LogP contribution in [-0.4, -0.2) is 46.2 Å². The third-order valence-electron chi connectivity index (χ3n) is 3.61. The quantitative estimate of drug-likeness (QED) is 0.627. The van der Waals surface area contributed by atoms with Gasteiger partial charge in [-0.25, -0.2) is 4.98 Å². The summed E-state index contributed by atoms with van der Waals surface area (Å²) < 4.78 is 0. The summed E-state index contributed by atoms with van der Waals surface area (Å²) in [6.45, 7) is 4.62. The Morgan fingerprint density at radius 3 is 2.75 bits per heavy atom. The number of nitrogens with one attached hydrogen (secondary N) is 1. The number of aliphatic hydroxyl groups excluding tert-OH is 1. The Labute approximate surface area is 117 Å². The zero-order valence-electron chi connectivity index (χ0n) is 11.8. The zero-order chi connectivity index (χ0) is 14.9. The summed E-state index contributed by atoms with van der Waals surface area (Å²) in [5, 5.41) is 23.8. The number of aryl methyl sites for hydroxylation is 1. The van der Waals surface area contributed by atoms with Crippen LogP contribution >= 0.6 is 0 Å². The van der Waals surface area contributed by atoms with Crippen LogP contribution in [0.5, 0.6) is 0 Å². The highest BCUT2D eigenvalue weighted by Crippen LogP contribution is 2.32. The van der Waals surface area contributed by atoms with Gasteiger partial charge < -0.3 is 15.3 Å². The van der Waals surface area contributed by atoms with Crippen molar-refractivity contribution in [1.82, 2.24) is 9.97 Å². The number of rotatable bonds is 3. The molecule has 1 aliphatic rings. The molecule has 1 aromatic heterocycles. The molecule has 8 nitrogen and oxygen atoms in total. The van der Waals surface area contributed by atoms with Crippen molar-refractivity contribution in [3.05, 3.63) is 15.8 Å². The Kier molecular flexibility index (Phi) is 4.03. The number of anilines is 2. The Balaban J connectivity index is 2.43. The van der Waals surface area contributed by atoms with Crippen molar-refractivity contribution in [2.45, 2.75) is 26.4 Å². The molecule has 1 aliphatic heterocycles. The van der Waals surface area contributed by atoms with Crippen molar-refractivity contribution >= 4 is 17.5 Å². The molecule has 1 saturated heterocycles. The normalized spacial score (nSPS) is 22.7. The molecule has 20 heavy (non-hydrogen) atoms. The zero-order valence-corrected chi connectivity index (χ0v) is 11.8. The number of nitro groups is 1. The molecule has 8 heteroatoms.